The maximum Gasteiger partial charge on any atom is 0.251 e. The van der Waals surface area contributed by atoms with Gasteiger partial charge in [-0.05, 0) is 12.1 Å². The third-order valence-electron chi connectivity index (χ3n) is 2.23. The van der Waals surface area contributed by atoms with Crippen molar-refractivity contribution in [1.82, 2.24) is 5.32 Å². The predicted molar refractivity (Wildman–Crippen MR) is 61.3 cm³/mol. The minimum Gasteiger partial charge on any atom is -0.409 e. The van der Waals surface area contributed by atoms with E-state index in [0.29, 0.717) is 12.1 Å². The Balaban J connectivity index is 2.48. The lowest BCUT2D eigenvalue weighted by Gasteiger charge is -2.10. The first-order chi connectivity index (χ1) is 7.65. The van der Waals surface area contributed by atoms with E-state index in [4.69, 9.17) is 10.9 Å². The van der Waals surface area contributed by atoms with Crippen LogP contribution in [-0.2, 0) is 0 Å². The van der Waals surface area contributed by atoms with Crippen molar-refractivity contribution in [2.45, 2.75) is 6.92 Å². The summed E-state index contributed by atoms with van der Waals surface area (Å²) < 4.78 is 0. The van der Waals surface area contributed by atoms with Crippen molar-refractivity contribution in [2.75, 3.05) is 6.54 Å². The summed E-state index contributed by atoms with van der Waals surface area (Å²) in [7, 11) is 0. The first-order valence-corrected chi connectivity index (χ1v) is 4.95. The second kappa shape index (κ2) is 5.75. The van der Waals surface area contributed by atoms with E-state index in [1.807, 2.05) is 6.07 Å². The standard InChI is InChI=1S/C11H15N3O2/c1-8(10(12)14-16)7-13-11(15)9-5-3-2-4-6-9/h2-6,8,16H,7H2,1H3,(H2,12,14)(H,13,15). The van der Waals surface area contributed by atoms with Gasteiger partial charge in [-0.25, -0.2) is 0 Å². The summed E-state index contributed by atoms with van der Waals surface area (Å²) in [5.41, 5.74) is 5.98. The molecule has 1 atom stereocenters. The van der Waals surface area contributed by atoms with Crippen molar-refractivity contribution in [1.29, 1.82) is 0 Å². The quantitative estimate of drug-likeness (QED) is 0.304. The first-order valence-electron chi connectivity index (χ1n) is 4.95. The van der Waals surface area contributed by atoms with E-state index >= 15 is 0 Å². The largest absolute Gasteiger partial charge is 0.409 e. The number of nitrogens with two attached hydrogens (primary N) is 1. The molecule has 1 amide bonds. The third kappa shape index (κ3) is 3.27. The maximum atomic E-state index is 11.6. The lowest BCUT2D eigenvalue weighted by molar-refractivity contribution is 0.0951. The minimum absolute atomic E-state index is 0.105. The van der Waals surface area contributed by atoms with Gasteiger partial charge in [-0.15, -0.1) is 0 Å². The predicted octanol–water partition coefficient (Wildman–Crippen LogP) is 0.799. The molecule has 0 spiro atoms. The Morgan fingerprint density at radius 1 is 1.50 bits per heavy atom. The molecule has 0 aromatic heterocycles. The van der Waals surface area contributed by atoms with E-state index in [1.165, 1.54) is 0 Å². The monoisotopic (exact) mass is 221 g/mol. The van der Waals surface area contributed by atoms with Crippen LogP contribution in [0.25, 0.3) is 0 Å². The Hall–Kier alpha value is -2.04. The van der Waals surface area contributed by atoms with E-state index in [1.54, 1.807) is 31.2 Å². The number of amides is 1. The average molecular weight is 221 g/mol. The number of benzene rings is 1. The second-order valence-electron chi connectivity index (χ2n) is 3.50. The number of amidine groups is 1. The van der Waals surface area contributed by atoms with Crippen LogP contribution in [0.1, 0.15) is 17.3 Å². The van der Waals surface area contributed by atoms with Gasteiger partial charge in [0.2, 0.25) is 0 Å². The molecule has 0 fully saturated rings. The van der Waals surface area contributed by atoms with Crippen molar-refractivity contribution >= 4 is 11.7 Å². The van der Waals surface area contributed by atoms with E-state index in [2.05, 4.69) is 10.5 Å². The second-order valence-corrected chi connectivity index (χ2v) is 3.50. The SMILES string of the molecule is CC(CNC(=O)c1ccccc1)C(N)=NO. The van der Waals surface area contributed by atoms with Crippen LogP contribution in [0.2, 0.25) is 0 Å². The zero-order valence-corrected chi connectivity index (χ0v) is 9.05. The summed E-state index contributed by atoms with van der Waals surface area (Å²) in [6.07, 6.45) is 0. The Morgan fingerprint density at radius 3 is 2.69 bits per heavy atom. The molecule has 1 aromatic carbocycles. The molecule has 1 aromatic rings. The highest BCUT2D eigenvalue weighted by Crippen LogP contribution is 1.99. The molecule has 1 unspecified atom stereocenters. The molecule has 0 radical (unpaired) electrons. The van der Waals surface area contributed by atoms with Gasteiger partial charge in [0.15, 0.2) is 0 Å². The molecule has 5 heteroatoms. The summed E-state index contributed by atoms with van der Waals surface area (Å²) >= 11 is 0. The first kappa shape index (κ1) is 12.0. The topological polar surface area (TPSA) is 87.7 Å². The lowest BCUT2D eigenvalue weighted by Crippen LogP contribution is -2.34. The van der Waals surface area contributed by atoms with E-state index in [9.17, 15) is 4.79 Å². The number of hydrogen-bond acceptors (Lipinski definition) is 3. The summed E-state index contributed by atoms with van der Waals surface area (Å²) in [5, 5.41) is 14.0. The van der Waals surface area contributed by atoms with Crippen LogP contribution in [0.3, 0.4) is 0 Å². The normalized spacial score (nSPS) is 13.2. The van der Waals surface area contributed by atoms with E-state index in [-0.39, 0.29) is 17.7 Å². The van der Waals surface area contributed by atoms with Crippen LogP contribution in [-0.4, -0.2) is 23.5 Å². The van der Waals surface area contributed by atoms with Crippen LogP contribution in [0.15, 0.2) is 35.5 Å². The van der Waals surface area contributed by atoms with Gasteiger partial charge >= 0.3 is 0 Å². The van der Waals surface area contributed by atoms with E-state index < -0.39 is 0 Å². The number of oxime groups is 1. The number of carbonyl (C=O) groups is 1. The van der Waals surface area contributed by atoms with Crippen LogP contribution >= 0.6 is 0 Å². The molecule has 0 aliphatic heterocycles. The summed E-state index contributed by atoms with van der Waals surface area (Å²) in [5.74, 6) is -0.260. The maximum absolute atomic E-state index is 11.6. The molecular formula is C11H15N3O2. The Labute approximate surface area is 94.0 Å². The fourth-order valence-electron chi connectivity index (χ4n) is 1.14. The molecule has 0 bridgehead atoms. The fraction of sp³-hybridized carbons (Fsp3) is 0.273. The molecule has 1 rings (SSSR count). The van der Waals surface area contributed by atoms with Crippen molar-refractivity contribution < 1.29 is 10.0 Å². The number of rotatable bonds is 4. The van der Waals surface area contributed by atoms with Crippen molar-refractivity contribution in [3.63, 3.8) is 0 Å². The smallest absolute Gasteiger partial charge is 0.251 e. The van der Waals surface area contributed by atoms with Gasteiger partial charge in [0.25, 0.3) is 5.91 Å². The van der Waals surface area contributed by atoms with Crippen molar-refractivity contribution in [3.05, 3.63) is 35.9 Å². The Bertz CT molecular complexity index is 376. The molecule has 4 N–H and O–H groups in total. The molecule has 0 saturated carbocycles. The van der Waals surface area contributed by atoms with Crippen molar-refractivity contribution in [2.24, 2.45) is 16.8 Å². The molecule has 86 valence electrons. The van der Waals surface area contributed by atoms with Gasteiger partial charge in [0.1, 0.15) is 5.84 Å². The summed E-state index contributed by atoms with van der Waals surface area (Å²) in [6.45, 7) is 2.10. The van der Waals surface area contributed by atoms with Gasteiger partial charge in [-0.3, -0.25) is 4.79 Å². The highest BCUT2D eigenvalue weighted by molar-refractivity contribution is 5.94. The van der Waals surface area contributed by atoms with E-state index in [0.717, 1.165) is 0 Å². The van der Waals surface area contributed by atoms with Gasteiger partial charge in [0.05, 0.1) is 0 Å². The zero-order chi connectivity index (χ0) is 12.0. The summed E-state index contributed by atoms with van der Waals surface area (Å²) in [4.78, 5) is 11.6. The average Bonchev–Trinajstić information content (AvgIpc) is 2.35. The molecule has 0 heterocycles. The molecule has 0 aliphatic carbocycles. The van der Waals surface area contributed by atoms with Gasteiger partial charge < -0.3 is 16.3 Å². The summed E-state index contributed by atoms with van der Waals surface area (Å²) in [6, 6.07) is 8.88. The Kier molecular flexibility index (Phi) is 4.32. The van der Waals surface area contributed by atoms with Crippen LogP contribution in [0, 0.1) is 5.92 Å². The molecule has 5 nitrogen and oxygen atoms in total. The van der Waals surface area contributed by atoms with Crippen LogP contribution in [0.4, 0.5) is 0 Å². The molecule has 16 heavy (non-hydrogen) atoms. The lowest BCUT2D eigenvalue weighted by atomic mass is 10.1. The van der Waals surface area contributed by atoms with Crippen molar-refractivity contribution in [3.8, 4) is 0 Å². The fourth-order valence-corrected chi connectivity index (χ4v) is 1.14. The Morgan fingerprint density at radius 2 is 2.12 bits per heavy atom. The number of nitrogens with zero attached hydrogens (tertiary/aromatic N) is 1. The number of nitrogens with one attached hydrogen (secondary N) is 1. The van der Waals surface area contributed by atoms with Crippen LogP contribution in [0.5, 0.6) is 0 Å². The highest BCUT2D eigenvalue weighted by Gasteiger charge is 2.10. The highest BCUT2D eigenvalue weighted by atomic mass is 16.4. The van der Waals surface area contributed by atoms with Gasteiger partial charge in [0, 0.05) is 18.0 Å². The van der Waals surface area contributed by atoms with Gasteiger partial charge in [-0.1, -0.05) is 30.3 Å². The number of carbonyl (C=O) groups excluding carboxylic acids is 1. The number of hydrogen-bond donors (Lipinski definition) is 3. The zero-order valence-electron chi connectivity index (χ0n) is 9.05. The minimum atomic E-state index is -0.197. The van der Waals surface area contributed by atoms with Gasteiger partial charge in [-0.2, -0.15) is 0 Å². The molecule has 0 saturated heterocycles. The third-order valence-corrected chi connectivity index (χ3v) is 2.23. The molecular weight excluding hydrogens is 206 g/mol. The molecule has 0 aliphatic rings. The van der Waals surface area contributed by atoms with Crippen LogP contribution < -0.4 is 11.1 Å².